The van der Waals surface area contributed by atoms with Gasteiger partial charge in [0.2, 0.25) is 0 Å². The standard InChI is InChI=1S/C53H38N2O/c1-4-13-34(14-5-1)42-27-23-35-15-10-11-20-41(35)45-31-38(24-28-44(42)45)39-26-30-49-47(32-39)51-43(21-12-22-50(51)56-49)40-25-29-48-46(33-40)52(36-16-6-2-7-17-36)55-53(54-48)37-18-8-3-9-19-37/h1-22,24-26,28-30,32-33,42,45H,23,27,31H2. The van der Waals surface area contributed by atoms with Crippen molar-refractivity contribution in [3.05, 3.63) is 210 Å². The van der Waals surface area contributed by atoms with E-state index < -0.39 is 0 Å². The lowest BCUT2D eigenvalue weighted by Gasteiger charge is -2.30. The number of furan rings is 1. The Morgan fingerprint density at radius 3 is 2.09 bits per heavy atom. The van der Waals surface area contributed by atoms with Crippen molar-refractivity contribution in [2.45, 2.75) is 31.1 Å². The quantitative estimate of drug-likeness (QED) is 0.178. The summed E-state index contributed by atoms with van der Waals surface area (Å²) in [4.78, 5) is 10.2. The maximum atomic E-state index is 6.56. The molecule has 2 unspecified atom stereocenters. The second kappa shape index (κ2) is 13.5. The molecule has 2 atom stereocenters. The Morgan fingerprint density at radius 1 is 0.518 bits per heavy atom. The van der Waals surface area contributed by atoms with Crippen LogP contribution in [0.25, 0.3) is 72.2 Å². The topological polar surface area (TPSA) is 38.9 Å². The van der Waals surface area contributed by atoms with Gasteiger partial charge in [-0.1, -0.05) is 157 Å². The van der Waals surface area contributed by atoms with E-state index in [1.807, 2.05) is 24.3 Å². The molecule has 0 saturated heterocycles. The maximum Gasteiger partial charge on any atom is 0.160 e. The highest BCUT2D eigenvalue weighted by atomic mass is 16.3. The average molecular weight is 719 g/mol. The molecule has 0 bridgehead atoms. The van der Waals surface area contributed by atoms with Crippen LogP contribution < -0.4 is 0 Å². The van der Waals surface area contributed by atoms with Crippen molar-refractivity contribution >= 4 is 38.4 Å². The Bertz CT molecular complexity index is 2990. The van der Waals surface area contributed by atoms with Crippen molar-refractivity contribution in [2.24, 2.45) is 0 Å². The average Bonchev–Trinajstić information content (AvgIpc) is 3.57. The van der Waals surface area contributed by atoms with Crippen LogP contribution in [0.2, 0.25) is 0 Å². The minimum atomic E-state index is 0.340. The van der Waals surface area contributed by atoms with Crippen LogP contribution in [0.1, 0.15) is 46.9 Å². The van der Waals surface area contributed by atoms with Crippen molar-refractivity contribution in [3.8, 4) is 33.8 Å². The second-order valence-electron chi connectivity index (χ2n) is 15.2. The third kappa shape index (κ3) is 5.58. The zero-order valence-corrected chi connectivity index (χ0v) is 30.9. The summed E-state index contributed by atoms with van der Waals surface area (Å²) in [6, 6.07) is 60.6. The first-order valence-corrected chi connectivity index (χ1v) is 19.7. The zero-order chi connectivity index (χ0) is 37.0. The third-order valence-electron chi connectivity index (χ3n) is 12.0. The summed E-state index contributed by atoms with van der Waals surface area (Å²) >= 11 is 0. The fourth-order valence-electron chi connectivity index (χ4n) is 9.29. The molecule has 0 amide bonds. The van der Waals surface area contributed by atoms with Gasteiger partial charge in [0.05, 0.1) is 11.2 Å². The number of allylic oxidation sites excluding steroid dienone is 4. The molecular weight excluding hydrogens is 681 g/mol. The van der Waals surface area contributed by atoms with Crippen LogP contribution >= 0.6 is 0 Å². The second-order valence-corrected chi connectivity index (χ2v) is 15.2. The first kappa shape index (κ1) is 32.6. The number of aromatic nitrogens is 2. The summed E-state index contributed by atoms with van der Waals surface area (Å²) < 4.78 is 6.56. The van der Waals surface area contributed by atoms with Gasteiger partial charge in [0.15, 0.2) is 5.82 Å². The number of hydrogen-bond acceptors (Lipinski definition) is 3. The van der Waals surface area contributed by atoms with Crippen molar-refractivity contribution in [1.29, 1.82) is 0 Å². The molecule has 2 aliphatic rings. The molecule has 0 N–H and O–H groups in total. The van der Waals surface area contributed by atoms with Gasteiger partial charge in [0.1, 0.15) is 11.2 Å². The first-order valence-electron chi connectivity index (χ1n) is 19.7. The van der Waals surface area contributed by atoms with Gasteiger partial charge in [-0.15, -0.1) is 0 Å². The van der Waals surface area contributed by atoms with E-state index in [1.165, 1.54) is 33.4 Å². The molecule has 11 rings (SSSR count). The molecule has 3 nitrogen and oxygen atoms in total. The summed E-state index contributed by atoms with van der Waals surface area (Å²) in [5.74, 6) is 1.48. The monoisotopic (exact) mass is 718 g/mol. The molecule has 2 aromatic heterocycles. The van der Waals surface area contributed by atoms with E-state index in [2.05, 4.69) is 158 Å². The Balaban J connectivity index is 1.04. The fraction of sp³-hybridized carbons (Fsp3) is 0.0943. The number of benzene rings is 7. The molecule has 9 aromatic rings. The highest BCUT2D eigenvalue weighted by molar-refractivity contribution is 6.13. The molecule has 0 spiro atoms. The molecule has 3 heteroatoms. The number of fused-ring (bicyclic) bond motifs is 7. The molecule has 7 aromatic carbocycles. The summed E-state index contributed by atoms with van der Waals surface area (Å²) in [6.07, 6.45) is 8.02. The fourth-order valence-corrected chi connectivity index (χ4v) is 9.29. The van der Waals surface area contributed by atoms with Crippen molar-refractivity contribution in [1.82, 2.24) is 9.97 Å². The summed E-state index contributed by atoms with van der Waals surface area (Å²) in [5, 5.41) is 3.28. The molecule has 266 valence electrons. The number of hydrogen-bond donors (Lipinski definition) is 0. The smallest absolute Gasteiger partial charge is 0.160 e. The van der Waals surface area contributed by atoms with Crippen LogP contribution in [0.5, 0.6) is 0 Å². The van der Waals surface area contributed by atoms with Crippen LogP contribution in [-0.4, -0.2) is 9.97 Å². The lowest BCUT2D eigenvalue weighted by molar-refractivity contribution is 0.664. The van der Waals surface area contributed by atoms with Crippen molar-refractivity contribution in [2.75, 3.05) is 0 Å². The normalized spacial score (nSPS) is 16.6. The lowest BCUT2D eigenvalue weighted by atomic mass is 9.74. The van der Waals surface area contributed by atoms with Gasteiger partial charge >= 0.3 is 0 Å². The predicted molar refractivity (Wildman–Crippen MR) is 230 cm³/mol. The van der Waals surface area contributed by atoms with E-state index in [9.17, 15) is 0 Å². The van der Waals surface area contributed by atoms with Crippen LogP contribution in [0, 0.1) is 0 Å². The zero-order valence-electron chi connectivity index (χ0n) is 30.9. The third-order valence-corrected chi connectivity index (χ3v) is 12.0. The Labute approximate surface area is 326 Å². The summed E-state index contributed by atoms with van der Waals surface area (Å²) in [7, 11) is 0. The Kier molecular flexibility index (Phi) is 7.84. The van der Waals surface area contributed by atoms with E-state index in [-0.39, 0.29) is 0 Å². The summed E-state index contributed by atoms with van der Waals surface area (Å²) in [6.45, 7) is 0. The minimum absolute atomic E-state index is 0.340. The van der Waals surface area contributed by atoms with Gasteiger partial charge in [-0.2, -0.15) is 0 Å². The SMILES string of the molecule is C1=C(c2ccc3oc4cccc(-c5ccc6nc(-c7ccccc7)nc(-c7ccccc7)c6c5)c4c3c2)CC2C(=C1)C(c1ccccc1)CCc1ccccc12. The Hall–Kier alpha value is -6.84. The molecule has 0 radical (unpaired) electrons. The van der Waals surface area contributed by atoms with Crippen LogP contribution in [-0.2, 0) is 6.42 Å². The molecule has 0 saturated carbocycles. The Morgan fingerprint density at radius 2 is 1.25 bits per heavy atom. The molecular formula is C53H38N2O. The largest absolute Gasteiger partial charge is 0.456 e. The van der Waals surface area contributed by atoms with Crippen molar-refractivity contribution < 1.29 is 4.42 Å². The molecule has 0 fully saturated rings. The van der Waals surface area contributed by atoms with E-state index in [1.54, 1.807) is 0 Å². The minimum Gasteiger partial charge on any atom is -0.456 e. The number of rotatable bonds is 5. The number of aryl methyl sites for hydroxylation is 1. The molecule has 56 heavy (non-hydrogen) atoms. The highest BCUT2D eigenvalue weighted by Gasteiger charge is 2.32. The molecule has 0 aliphatic heterocycles. The van der Waals surface area contributed by atoms with E-state index in [0.717, 1.165) is 85.9 Å². The van der Waals surface area contributed by atoms with Gasteiger partial charge in [-0.05, 0) is 88.5 Å². The van der Waals surface area contributed by atoms with Crippen LogP contribution in [0.15, 0.2) is 192 Å². The summed E-state index contributed by atoms with van der Waals surface area (Å²) in [5.41, 5.74) is 16.5. The van der Waals surface area contributed by atoms with Crippen molar-refractivity contribution in [3.63, 3.8) is 0 Å². The highest BCUT2D eigenvalue weighted by Crippen LogP contribution is 2.49. The maximum absolute atomic E-state index is 6.56. The van der Waals surface area contributed by atoms with E-state index in [4.69, 9.17) is 14.4 Å². The number of nitrogens with zero attached hydrogens (tertiary/aromatic N) is 2. The van der Waals surface area contributed by atoms with Gasteiger partial charge in [0.25, 0.3) is 0 Å². The molecule has 2 heterocycles. The lowest BCUT2D eigenvalue weighted by Crippen LogP contribution is -2.13. The van der Waals surface area contributed by atoms with Crippen LogP contribution in [0.3, 0.4) is 0 Å². The first-order chi connectivity index (χ1) is 27.7. The van der Waals surface area contributed by atoms with Gasteiger partial charge in [0, 0.05) is 39.1 Å². The molecule has 2 aliphatic carbocycles. The van der Waals surface area contributed by atoms with Gasteiger partial charge in [-0.3, -0.25) is 0 Å². The van der Waals surface area contributed by atoms with Gasteiger partial charge < -0.3 is 4.42 Å². The predicted octanol–water partition coefficient (Wildman–Crippen LogP) is 13.8. The van der Waals surface area contributed by atoms with E-state index in [0.29, 0.717) is 11.8 Å². The van der Waals surface area contributed by atoms with Gasteiger partial charge in [-0.25, -0.2) is 9.97 Å². The van der Waals surface area contributed by atoms with Crippen LogP contribution in [0.4, 0.5) is 0 Å². The van der Waals surface area contributed by atoms with E-state index >= 15 is 0 Å².